The fourth-order valence-corrected chi connectivity index (χ4v) is 3.89. The molecule has 28 heavy (non-hydrogen) atoms. The number of anilines is 1. The minimum atomic E-state index is -0.0485. The van der Waals surface area contributed by atoms with Gasteiger partial charge in [-0.1, -0.05) is 17.7 Å². The van der Waals surface area contributed by atoms with Crippen molar-refractivity contribution in [3.05, 3.63) is 53.4 Å². The first-order valence-electron chi connectivity index (χ1n) is 9.29. The number of carbonyl (C=O) groups is 1. The van der Waals surface area contributed by atoms with Crippen LogP contribution in [0.2, 0.25) is 5.02 Å². The van der Waals surface area contributed by atoms with Gasteiger partial charge in [-0.05, 0) is 56.3 Å². The zero-order valence-electron chi connectivity index (χ0n) is 15.6. The fourth-order valence-electron chi connectivity index (χ4n) is 3.64. The van der Waals surface area contributed by atoms with Crippen molar-refractivity contribution >= 4 is 28.8 Å². The maximum Gasteiger partial charge on any atom is 0.238 e. The van der Waals surface area contributed by atoms with Crippen LogP contribution in [0, 0.1) is 0 Å². The van der Waals surface area contributed by atoms with Gasteiger partial charge in [-0.2, -0.15) is 0 Å². The quantitative estimate of drug-likeness (QED) is 0.713. The number of aromatic nitrogens is 3. The van der Waals surface area contributed by atoms with Gasteiger partial charge in [0.05, 0.1) is 18.7 Å². The molecule has 1 amide bonds. The summed E-state index contributed by atoms with van der Waals surface area (Å²) in [5.74, 6) is 1.90. The van der Waals surface area contributed by atoms with E-state index in [-0.39, 0.29) is 5.91 Å². The summed E-state index contributed by atoms with van der Waals surface area (Å²) in [4.78, 5) is 14.5. The molecule has 4 rings (SSSR count). The summed E-state index contributed by atoms with van der Waals surface area (Å²) in [7, 11) is 1.56. The molecule has 1 aromatic carbocycles. The van der Waals surface area contributed by atoms with Crippen LogP contribution < -0.4 is 10.1 Å². The first kappa shape index (κ1) is 18.7. The molecule has 1 N–H and O–H groups in total. The summed E-state index contributed by atoms with van der Waals surface area (Å²) in [6.07, 6.45) is 3.92. The van der Waals surface area contributed by atoms with E-state index in [2.05, 4.69) is 24.8 Å². The van der Waals surface area contributed by atoms with Crippen LogP contribution in [0.3, 0.4) is 0 Å². The lowest BCUT2D eigenvalue weighted by Gasteiger charge is -2.30. The second-order valence-corrected chi connectivity index (χ2v) is 7.34. The average Bonchev–Trinajstić information content (AvgIpc) is 3.13. The number of amides is 1. The van der Waals surface area contributed by atoms with Gasteiger partial charge >= 0.3 is 0 Å². The zero-order chi connectivity index (χ0) is 19.5. The van der Waals surface area contributed by atoms with E-state index in [0.717, 1.165) is 37.4 Å². The monoisotopic (exact) mass is 399 g/mol. The smallest absolute Gasteiger partial charge is 0.238 e. The first-order valence-corrected chi connectivity index (χ1v) is 9.67. The van der Waals surface area contributed by atoms with E-state index in [1.54, 1.807) is 25.3 Å². The van der Waals surface area contributed by atoms with Crippen molar-refractivity contribution in [2.24, 2.45) is 0 Å². The van der Waals surface area contributed by atoms with Crippen molar-refractivity contribution in [1.82, 2.24) is 19.5 Å². The van der Waals surface area contributed by atoms with Crippen molar-refractivity contribution in [3.63, 3.8) is 0 Å². The molecule has 1 aliphatic rings. The standard InChI is InChI=1S/C20H22ClN5O2/c1-28-17-6-5-15(12-16(17)21)22-19(27)13-25-10-7-14(8-11-25)20-24-23-18-4-2-3-9-26(18)20/h2-6,9,12,14H,7-8,10-11,13H2,1H3,(H,22,27). The van der Waals surface area contributed by atoms with Gasteiger partial charge in [0.25, 0.3) is 0 Å². The molecule has 0 saturated carbocycles. The maximum atomic E-state index is 12.4. The Bertz CT molecular complexity index is 982. The minimum absolute atomic E-state index is 0.0485. The molecule has 1 aliphatic heterocycles. The topological polar surface area (TPSA) is 71.8 Å². The van der Waals surface area contributed by atoms with E-state index in [0.29, 0.717) is 28.9 Å². The third kappa shape index (κ3) is 3.95. The predicted molar refractivity (Wildman–Crippen MR) is 108 cm³/mol. The summed E-state index contributed by atoms with van der Waals surface area (Å²) < 4.78 is 7.19. The number of carbonyl (C=O) groups excluding carboxylic acids is 1. The third-order valence-electron chi connectivity index (χ3n) is 5.10. The lowest BCUT2D eigenvalue weighted by Crippen LogP contribution is -2.39. The predicted octanol–water partition coefficient (Wildman–Crippen LogP) is 3.21. The lowest BCUT2D eigenvalue weighted by molar-refractivity contribution is -0.117. The molecule has 0 spiro atoms. The van der Waals surface area contributed by atoms with E-state index in [9.17, 15) is 4.79 Å². The Morgan fingerprint density at radius 3 is 2.82 bits per heavy atom. The second kappa shape index (κ2) is 8.16. The number of likely N-dealkylation sites (tertiary alicyclic amines) is 1. The largest absolute Gasteiger partial charge is 0.495 e. The summed E-state index contributed by atoms with van der Waals surface area (Å²) in [5, 5.41) is 12.0. The Morgan fingerprint density at radius 2 is 2.07 bits per heavy atom. The van der Waals surface area contributed by atoms with Gasteiger partial charge in [0, 0.05) is 17.8 Å². The highest BCUT2D eigenvalue weighted by molar-refractivity contribution is 6.32. The van der Waals surface area contributed by atoms with Gasteiger partial charge in [-0.15, -0.1) is 10.2 Å². The van der Waals surface area contributed by atoms with E-state index in [1.807, 2.05) is 24.4 Å². The second-order valence-electron chi connectivity index (χ2n) is 6.93. The molecular weight excluding hydrogens is 378 g/mol. The van der Waals surface area contributed by atoms with Crippen molar-refractivity contribution in [1.29, 1.82) is 0 Å². The van der Waals surface area contributed by atoms with Crippen LogP contribution in [0.4, 0.5) is 5.69 Å². The van der Waals surface area contributed by atoms with Gasteiger partial charge in [-0.3, -0.25) is 14.1 Å². The number of fused-ring (bicyclic) bond motifs is 1. The third-order valence-corrected chi connectivity index (χ3v) is 5.39. The van der Waals surface area contributed by atoms with Crippen LogP contribution in [0.1, 0.15) is 24.6 Å². The number of piperidine rings is 1. The summed E-state index contributed by atoms with van der Waals surface area (Å²) in [5.41, 5.74) is 1.54. The minimum Gasteiger partial charge on any atom is -0.495 e. The molecule has 0 atom stereocenters. The van der Waals surface area contributed by atoms with E-state index >= 15 is 0 Å². The molecule has 0 aliphatic carbocycles. The lowest BCUT2D eigenvalue weighted by atomic mass is 9.96. The van der Waals surface area contributed by atoms with Gasteiger partial charge in [0.1, 0.15) is 11.6 Å². The Morgan fingerprint density at radius 1 is 1.25 bits per heavy atom. The highest BCUT2D eigenvalue weighted by Crippen LogP contribution is 2.28. The Hall–Kier alpha value is -2.64. The van der Waals surface area contributed by atoms with Gasteiger partial charge in [-0.25, -0.2) is 0 Å². The Labute approximate surface area is 168 Å². The van der Waals surface area contributed by atoms with Gasteiger partial charge < -0.3 is 10.1 Å². The number of pyridine rings is 1. The van der Waals surface area contributed by atoms with Crippen LogP contribution in [0.15, 0.2) is 42.6 Å². The number of halogens is 1. The van der Waals surface area contributed by atoms with Crippen molar-refractivity contribution in [3.8, 4) is 5.75 Å². The molecule has 3 aromatic rings. The first-order chi connectivity index (χ1) is 13.6. The van der Waals surface area contributed by atoms with Crippen molar-refractivity contribution in [2.75, 3.05) is 32.1 Å². The van der Waals surface area contributed by atoms with E-state index in [1.165, 1.54) is 0 Å². The normalized spacial score (nSPS) is 15.6. The molecule has 0 unspecified atom stereocenters. The molecule has 146 valence electrons. The number of hydrogen-bond donors (Lipinski definition) is 1. The molecule has 7 nitrogen and oxygen atoms in total. The van der Waals surface area contributed by atoms with Crippen LogP contribution in [-0.2, 0) is 4.79 Å². The van der Waals surface area contributed by atoms with Gasteiger partial charge in [0.2, 0.25) is 5.91 Å². The molecular formula is C20H22ClN5O2. The number of nitrogens with one attached hydrogen (secondary N) is 1. The van der Waals surface area contributed by atoms with Crippen molar-refractivity contribution in [2.45, 2.75) is 18.8 Å². The average molecular weight is 400 g/mol. The molecule has 2 aromatic heterocycles. The van der Waals surface area contributed by atoms with E-state index in [4.69, 9.17) is 16.3 Å². The molecule has 1 saturated heterocycles. The summed E-state index contributed by atoms with van der Waals surface area (Å²) in [6, 6.07) is 11.1. The fraction of sp³-hybridized carbons (Fsp3) is 0.350. The van der Waals surface area contributed by atoms with E-state index < -0.39 is 0 Å². The number of rotatable bonds is 5. The molecule has 0 bridgehead atoms. The molecule has 0 radical (unpaired) electrons. The SMILES string of the molecule is COc1ccc(NC(=O)CN2CCC(c3nnc4ccccn34)CC2)cc1Cl. The van der Waals surface area contributed by atoms with Crippen molar-refractivity contribution < 1.29 is 9.53 Å². The Kier molecular flexibility index (Phi) is 5.45. The van der Waals surface area contributed by atoms with Crippen LogP contribution in [0.5, 0.6) is 5.75 Å². The number of benzene rings is 1. The maximum absolute atomic E-state index is 12.4. The highest BCUT2D eigenvalue weighted by Gasteiger charge is 2.25. The van der Waals surface area contributed by atoms with Crippen LogP contribution in [0.25, 0.3) is 5.65 Å². The zero-order valence-corrected chi connectivity index (χ0v) is 16.4. The molecule has 3 heterocycles. The van der Waals surface area contributed by atoms with Crippen LogP contribution >= 0.6 is 11.6 Å². The highest BCUT2D eigenvalue weighted by atomic mass is 35.5. The summed E-state index contributed by atoms with van der Waals surface area (Å²) >= 11 is 6.11. The van der Waals surface area contributed by atoms with Crippen LogP contribution in [-0.4, -0.2) is 52.1 Å². The summed E-state index contributed by atoms with van der Waals surface area (Å²) in [6.45, 7) is 2.06. The number of hydrogen-bond acceptors (Lipinski definition) is 5. The number of nitrogens with zero attached hydrogens (tertiary/aromatic N) is 4. The Balaban J connectivity index is 1.31. The molecule has 8 heteroatoms. The van der Waals surface area contributed by atoms with Gasteiger partial charge in [0.15, 0.2) is 5.65 Å². The number of ether oxygens (including phenoxy) is 1. The number of methoxy groups -OCH3 is 1. The molecule has 1 fully saturated rings.